The molecule has 1 saturated heterocycles. The maximum Gasteiger partial charge on any atom is 0.210 e. The van der Waals surface area contributed by atoms with Gasteiger partial charge in [0, 0.05) is 19.6 Å². The van der Waals surface area contributed by atoms with Crippen molar-refractivity contribution in [3.8, 4) is 0 Å². The Morgan fingerprint density at radius 2 is 2.07 bits per heavy atom. The summed E-state index contributed by atoms with van der Waals surface area (Å²) >= 11 is 3.53. The third-order valence-electron chi connectivity index (χ3n) is 2.76. The smallest absolute Gasteiger partial charge is 0.210 e. The van der Waals surface area contributed by atoms with Crippen LogP contribution in [0.4, 0.5) is 0 Å². The largest absolute Gasteiger partial charge is 0.330 e. The lowest BCUT2D eigenvalue weighted by molar-refractivity contribution is -0.120. The van der Waals surface area contributed by atoms with E-state index in [2.05, 4.69) is 41.6 Å². The molecule has 0 aromatic rings. The Morgan fingerprint density at radius 1 is 1.40 bits per heavy atom. The zero-order valence-electron chi connectivity index (χ0n) is 9.87. The van der Waals surface area contributed by atoms with Crippen LogP contribution in [0.15, 0.2) is 0 Å². The SMILES string of the molecule is CC(C)(C)CCN1CCN(C=O)C(Br)C1. The van der Waals surface area contributed by atoms with E-state index in [0.29, 0.717) is 5.41 Å². The van der Waals surface area contributed by atoms with Gasteiger partial charge in [0.15, 0.2) is 0 Å². The Hall–Kier alpha value is -0.0900. The molecule has 1 fully saturated rings. The van der Waals surface area contributed by atoms with E-state index in [0.717, 1.165) is 32.6 Å². The van der Waals surface area contributed by atoms with E-state index in [9.17, 15) is 4.79 Å². The molecule has 88 valence electrons. The van der Waals surface area contributed by atoms with E-state index >= 15 is 0 Å². The van der Waals surface area contributed by atoms with Crippen LogP contribution in [0.2, 0.25) is 0 Å². The highest BCUT2D eigenvalue weighted by Crippen LogP contribution is 2.20. The fourth-order valence-corrected chi connectivity index (χ4v) is 2.33. The number of amides is 1. The molecule has 1 aliphatic heterocycles. The molecule has 0 N–H and O–H groups in total. The number of alkyl halides is 1. The fraction of sp³-hybridized carbons (Fsp3) is 0.909. The van der Waals surface area contributed by atoms with Gasteiger partial charge < -0.3 is 4.90 Å². The van der Waals surface area contributed by atoms with Gasteiger partial charge in [-0.15, -0.1) is 0 Å². The van der Waals surface area contributed by atoms with Gasteiger partial charge in [0.25, 0.3) is 0 Å². The van der Waals surface area contributed by atoms with Crippen LogP contribution in [0.25, 0.3) is 0 Å². The fourth-order valence-electron chi connectivity index (χ4n) is 1.62. The molecule has 1 rings (SSSR count). The van der Waals surface area contributed by atoms with Crippen molar-refractivity contribution in [1.82, 2.24) is 9.80 Å². The molecule has 1 unspecified atom stereocenters. The average Bonchev–Trinajstić information content (AvgIpc) is 2.14. The molecule has 0 aliphatic carbocycles. The van der Waals surface area contributed by atoms with Gasteiger partial charge in [0.05, 0.1) is 4.95 Å². The molecule has 0 aromatic heterocycles. The van der Waals surface area contributed by atoms with E-state index in [1.54, 1.807) is 0 Å². The number of carbonyl (C=O) groups is 1. The number of piperazine rings is 1. The Balaban J connectivity index is 2.32. The summed E-state index contributed by atoms with van der Waals surface area (Å²) in [7, 11) is 0. The lowest BCUT2D eigenvalue weighted by Gasteiger charge is -2.37. The quantitative estimate of drug-likeness (QED) is 0.447. The second kappa shape index (κ2) is 5.30. The van der Waals surface area contributed by atoms with Crippen molar-refractivity contribution < 1.29 is 4.79 Å². The molecule has 0 radical (unpaired) electrons. The van der Waals surface area contributed by atoms with Gasteiger partial charge >= 0.3 is 0 Å². The summed E-state index contributed by atoms with van der Waals surface area (Å²) < 4.78 is 0. The highest BCUT2D eigenvalue weighted by molar-refractivity contribution is 9.09. The second-order valence-corrected chi connectivity index (χ2v) is 6.45. The predicted octanol–water partition coefficient (Wildman–Crippen LogP) is 1.92. The van der Waals surface area contributed by atoms with Gasteiger partial charge in [-0.25, -0.2) is 0 Å². The van der Waals surface area contributed by atoms with Crippen LogP contribution < -0.4 is 0 Å². The van der Waals surface area contributed by atoms with Crippen molar-refractivity contribution in [3.05, 3.63) is 0 Å². The number of carbonyl (C=O) groups excluding carboxylic acids is 1. The van der Waals surface area contributed by atoms with Crippen LogP contribution in [0.5, 0.6) is 0 Å². The van der Waals surface area contributed by atoms with E-state index < -0.39 is 0 Å². The number of halogens is 1. The molecular formula is C11H21BrN2O. The maximum atomic E-state index is 10.7. The summed E-state index contributed by atoms with van der Waals surface area (Å²) in [5, 5.41) is 0. The van der Waals surface area contributed by atoms with Crippen LogP contribution in [0.3, 0.4) is 0 Å². The minimum Gasteiger partial charge on any atom is -0.330 e. The summed E-state index contributed by atoms with van der Waals surface area (Å²) in [5.41, 5.74) is 0.392. The van der Waals surface area contributed by atoms with Gasteiger partial charge in [0.2, 0.25) is 6.41 Å². The van der Waals surface area contributed by atoms with E-state index in [1.165, 1.54) is 6.42 Å². The summed E-state index contributed by atoms with van der Waals surface area (Å²) in [5.74, 6) is 0. The minimum absolute atomic E-state index is 0.184. The molecule has 1 amide bonds. The van der Waals surface area contributed by atoms with Crippen molar-refractivity contribution >= 4 is 22.3 Å². The Morgan fingerprint density at radius 3 is 2.53 bits per heavy atom. The minimum atomic E-state index is 0.184. The molecular weight excluding hydrogens is 256 g/mol. The third kappa shape index (κ3) is 4.51. The number of hydrogen-bond acceptors (Lipinski definition) is 2. The first-order valence-electron chi connectivity index (χ1n) is 5.50. The summed E-state index contributed by atoms with van der Waals surface area (Å²) in [4.78, 5) is 15.1. The van der Waals surface area contributed by atoms with Crippen molar-refractivity contribution in [2.75, 3.05) is 26.2 Å². The van der Waals surface area contributed by atoms with Gasteiger partial charge in [0.1, 0.15) is 0 Å². The zero-order chi connectivity index (χ0) is 11.5. The molecule has 4 heteroatoms. The number of hydrogen-bond donors (Lipinski definition) is 0. The highest BCUT2D eigenvalue weighted by atomic mass is 79.9. The van der Waals surface area contributed by atoms with E-state index in [4.69, 9.17) is 0 Å². The Bertz CT molecular complexity index is 215. The molecule has 3 nitrogen and oxygen atoms in total. The monoisotopic (exact) mass is 276 g/mol. The first-order valence-corrected chi connectivity index (χ1v) is 6.41. The Labute approximate surface area is 101 Å². The van der Waals surface area contributed by atoms with Gasteiger partial charge in [-0.05, 0) is 18.4 Å². The lowest BCUT2D eigenvalue weighted by atomic mass is 9.92. The van der Waals surface area contributed by atoms with E-state index in [1.807, 2.05) is 4.90 Å². The maximum absolute atomic E-state index is 10.7. The van der Waals surface area contributed by atoms with E-state index in [-0.39, 0.29) is 4.95 Å². The first kappa shape index (κ1) is 13.0. The zero-order valence-corrected chi connectivity index (χ0v) is 11.5. The molecule has 15 heavy (non-hydrogen) atoms. The molecule has 1 atom stereocenters. The van der Waals surface area contributed by atoms with Crippen LogP contribution in [0.1, 0.15) is 27.2 Å². The predicted molar refractivity (Wildman–Crippen MR) is 66.0 cm³/mol. The highest BCUT2D eigenvalue weighted by Gasteiger charge is 2.24. The van der Waals surface area contributed by atoms with Crippen molar-refractivity contribution in [2.45, 2.75) is 32.1 Å². The topological polar surface area (TPSA) is 23.6 Å². The molecule has 1 heterocycles. The summed E-state index contributed by atoms with van der Waals surface area (Å²) in [6.07, 6.45) is 2.13. The van der Waals surface area contributed by atoms with Crippen molar-refractivity contribution in [1.29, 1.82) is 0 Å². The molecule has 0 spiro atoms. The average molecular weight is 277 g/mol. The Kier molecular flexibility index (Phi) is 4.59. The second-order valence-electron chi connectivity index (χ2n) is 5.39. The number of rotatable bonds is 3. The lowest BCUT2D eigenvalue weighted by Crippen LogP contribution is -2.50. The van der Waals surface area contributed by atoms with Crippen LogP contribution in [0, 0.1) is 5.41 Å². The molecule has 0 saturated carbocycles. The van der Waals surface area contributed by atoms with Crippen molar-refractivity contribution in [3.63, 3.8) is 0 Å². The first-order chi connectivity index (χ1) is 6.92. The van der Waals surface area contributed by atoms with Crippen LogP contribution >= 0.6 is 15.9 Å². The standard InChI is InChI=1S/C11H21BrN2O/c1-11(2,3)4-5-13-6-7-14(9-15)10(12)8-13/h9-10H,4-8H2,1-3H3. The number of nitrogens with zero attached hydrogens (tertiary/aromatic N) is 2. The van der Waals surface area contributed by atoms with Gasteiger partial charge in [-0.1, -0.05) is 36.7 Å². The summed E-state index contributed by atoms with van der Waals surface area (Å²) in [6, 6.07) is 0. The third-order valence-corrected chi connectivity index (χ3v) is 3.57. The van der Waals surface area contributed by atoms with Gasteiger partial charge in [-0.2, -0.15) is 0 Å². The molecule has 1 aliphatic rings. The van der Waals surface area contributed by atoms with Crippen LogP contribution in [-0.2, 0) is 4.79 Å². The molecule has 0 aromatic carbocycles. The van der Waals surface area contributed by atoms with Crippen LogP contribution in [-0.4, -0.2) is 47.3 Å². The normalized spacial score (nSPS) is 24.3. The summed E-state index contributed by atoms with van der Waals surface area (Å²) in [6.45, 7) is 10.7. The van der Waals surface area contributed by atoms with Gasteiger partial charge in [-0.3, -0.25) is 9.69 Å². The van der Waals surface area contributed by atoms with Crippen molar-refractivity contribution in [2.24, 2.45) is 5.41 Å². The molecule has 0 bridgehead atoms.